The standard InChI is InChI=1S/C24H24ClN3O4/c1-14-7-8-15(22(29)26-16-5-3-4-6-16)13-19(14)27-21-20(25)23(30)28(24(21)31)17-9-11-18(32-2)12-10-17/h7-13,16,27H,3-6H2,1-2H3,(H,26,29). The van der Waals surface area contributed by atoms with Crippen molar-refractivity contribution >= 4 is 40.7 Å². The van der Waals surface area contributed by atoms with E-state index in [1.807, 2.05) is 6.92 Å². The molecule has 1 saturated carbocycles. The van der Waals surface area contributed by atoms with Crippen LogP contribution in [-0.4, -0.2) is 30.9 Å². The zero-order valence-electron chi connectivity index (χ0n) is 17.9. The topological polar surface area (TPSA) is 87.7 Å². The number of carbonyl (C=O) groups is 3. The third-order valence-corrected chi connectivity index (χ3v) is 6.16. The van der Waals surface area contributed by atoms with Crippen LogP contribution in [0.4, 0.5) is 11.4 Å². The fraction of sp³-hybridized carbons (Fsp3) is 0.292. The van der Waals surface area contributed by atoms with Crippen LogP contribution in [0.3, 0.4) is 0 Å². The summed E-state index contributed by atoms with van der Waals surface area (Å²) in [5, 5.41) is 5.83. The van der Waals surface area contributed by atoms with Crippen LogP contribution in [0.1, 0.15) is 41.6 Å². The van der Waals surface area contributed by atoms with Crippen molar-refractivity contribution in [1.82, 2.24) is 5.32 Å². The van der Waals surface area contributed by atoms with Gasteiger partial charge in [0, 0.05) is 17.3 Å². The summed E-state index contributed by atoms with van der Waals surface area (Å²) in [5.74, 6) is -0.732. The first kappa shape index (κ1) is 21.9. The molecule has 8 heteroatoms. The Labute approximate surface area is 191 Å². The number of benzene rings is 2. The predicted octanol–water partition coefficient (Wildman–Crippen LogP) is 4.11. The van der Waals surface area contributed by atoms with E-state index in [-0.39, 0.29) is 22.7 Å². The lowest BCUT2D eigenvalue weighted by molar-refractivity contribution is -0.120. The number of anilines is 2. The van der Waals surface area contributed by atoms with Crippen LogP contribution in [0.5, 0.6) is 5.75 Å². The van der Waals surface area contributed by atoms with Crippen LogP contribution in [0.2, 0.25) is 0 Å². The van der Waals surface area contributed by atoms with Gasteiger partial charge in [-0.1, -0.05) is 30.5 Å². The zero-order chi connectivity index (χ0) is 22.8. The Bertz CT molecular complexity index is 1100. The van der Waals surface area contributed by atoms with Crippen molar-refractivity contribution in [1.29, 1.82) is 0 Å². The van der Waals surface area contributed by atoms with Gasteiger partial charge in [-0.3, -0.25) is 14.4 Å². The summed E-state index contributed by atoms with van der Waals surface area (Å²) in [6, 6.07) is 11.9. The van der Waals surface area contributed by atoms with Crippen molar-refractivity contribution in [2.24, 2.45) is 0 Å². The summed E-state index contributed by atoms with van der Waals surface area (Å²) in [4.78, 5) is 39.4. The Balaban J connectivity index is 1.55. The molecule has 2 aromatic rings. The van der Waals surface area contributed by atoms with Gasteiger partial charge in [-0.25, -0.2) is 4.90 Å². The van der Waals surface area contributed by atoms with E-state index >= 15 is 0 Å². The number of halogens is 1. The second-order valence-electron chi connectivity index (χ2n) is 7.94. The van der Waals surface area contributed by atoms with E-state index in [0.717, 1.165) is 36.1 Å². The minimum Gasteiger partial charge on any atom is -0.497 e. The van der Waals surface area contributed by atoms with Crippen LogP contribution in [0.15, 0.2) is 53.2 Å². The number of amides is 3. The molecule has 166 valence electrons. The first-order chi connectivity index (χ1) is 15.4. The number of rotatable bonds is 6. The normalized spacial score (nSPS) is 16.7. The number of methoxy groups -OCH3 is 1. The number of nitrogens with one attached hydrogen (secondary N) is 2. The predicted molar refractivity (Wildman–Crippen MR) is 123 cm³/mol. The van der Waals surface area contributed by atoms with Crippen LogP contribution in [0.25, 0.3) is 0 Å². The molecule has 32 heavy (non-hydrogen) atoms. The minimum absolute atomic E-state index is 0.0241. The molecule has 2 N–H and O–H groups in total. The van der Waals surface area contributed by atoms with Crippen molar-refractivity contribution in [3.63, 3.8) is 0 Å². The highest BCUT2D eigenvalue weighted by Crippen LogP contribution is 2.32. The van der Waals surface area contributed by atoms with Gasteiger partial charge >= 0.3 is 0 Å². The first-order valence-corrected chi connectivity index (χ1v) is 10.9. The summed E-state index contributed by atoms with van der Waals surface area (Å²) < 4.78 is 5.12. The monoisotopic (exact) mass is 453 g/mol. The fourth-order valence-electron chi connectivity index (χ4n) is 3.95. The summed E-state index contributed by atoms with van der Waals surface area (Å²) in [6.45, 7) is 1.85. The van der Waals surface area contributed by atoms with Crippen molar-refractivity contribution in [3.05, 3.63) is 64.3 Å². The van der Waals surface area contributed by atoms with Gasteiger partial charge in [0.1, 0.15) is 16.5 Å². The van der Waals surface area contributed by atoms with Crippen molar-refractivity contribution in [3.8, 4) is 5.75 Å². The maximum Gasteiger partial charge on any atom is 0.283 e. The molecule has 1 aliphatic heterocycles. The molecule has 1 aliphatic carbocycles. The average Bonchev–Trinajstić information content (AvgIpc) is 3.37. The molecular weight excluding hydrogens is 430 g/mol. The molecular formula is C24H24ClN3O4. The summed E-state index contributed by atoms with van der Waals surface area (Å²) in [5.41, 5.74) is 2.18. The molecule has 1 fully saturated rings. The smallest absolute Gasteiger partial charge is 0.283 e. The third-order valence-electron chi connectivity index (χ3n) is 5.81. The highest BCUT2D eigenvalue weighted by atomic mass is 35.5. The molecule has 2 aliphatic rings. The number of hydrogen-bond acceptors (Lipinski definition) is 5. The highest BCUT2D eigenvalue weighted by molar-refractivity contribution is 6.53. The molecule has 0 atom stereocenters. The highest BCUT2D eigenvalue weighted by Gasteiger charge is 2.39. The van der Waals surface area contributed by atoms with Crippen LogP contribution in [-0.2, 0) is 9.59 Å². The molecule has 0 unspecified atom stereocenters. The molecule has 7 nitrogen and oxygen atoms in total. The Morgan fingerprint density at radius 2 is 1.75 bits per heavy atom. The van der Waals surface area contributed by atoms with Crippen LogP contribution >= 0.6 is 11.6 Å². The van der Waals surface area contributed by atoms with Crippen molar-refractivity contribution in [2.75, 3.05) is 17.3 Å². The van der Waals surface area contributed by atoms with E-state index in [0.29, 0.717) is 22.7 Å². The number of aryl methyl sites for hydroxylation is 1. The summed E-state index contributed by atoms with van der Waals surface area (Å²) >= 11 is 6.25. The van der Waals surface area contributed by atoms with Gasteiger partial charge in [0.15, 0.2) is 0 Å². The van der Waals surface area contributed by atoms with Gasteiger partial charge in [0.25, 0.3) is 17.7 Å². The Morgan fingerprint density at radius 1 is 1.06 bits per heavy atom. The molecule has 1 heterocycles. The maximum absolute atomic E-state index is 13.0. The van der Waals surface area contributed by atoms with Crippen molar-refractivity contribution < 1.29 is 19.1 Å². The number of hydrogen-bond donors (Lipinski definition) is 2. The van der Waals surface area contributed by atoms with Gasteiger partial charge in [0.2, 0.25) is 0 Å². The van der Waals surface area contributed by atoms with E-state index in [2.05, 4.69) is 10.6 Å². The molecule has 2 aromatic carbocycles. The maximum atomic E-state index is 13.0. The Morgan fingerprint density at radius 3 is 2.41 bits per heavy atom. The van der Waals surface area contributed by atoms with Crippen LogP contribution < -0.4 is 20.3 Å². The zero-order valence-corrected chi connectivity index (χ0v) is 18.7. The number of carbonyl (C=O) groups excluding carboxylic acids is 3. The quantitative estimate of drug-likeness (QED) is 0.642. The lowest BCUT2D eigenvalue weighted by atomic mass is 10.1. The van der Waals surface area contributed by atoms with E-state index in [9.17, 15) is 14.4 Å². The molecule has 0 saturated heterocycles. The van der Waals surface area contributed by atoms with Gasteiger partial charge in [-0.05, 0) is 61.7 Å². The largest absolute Gasteiger partial charge is 0.497 e. The van der Waals surface area contributed by atoms with E-state index in [4.69, 9.17) is 16.3 Å². The third kappa shape index (κ3) is 4.21. The lowest BCUT2D eigenvalue weighted by Gasteiger charge is -2.17. The number of ether oxygens (including phenoxy) is 1. The fourth-order valence-corrected chi connectivity index (χ4v) is 4.16. The molecule has 0 bridgehead atoms. The van der Waals surface area contributed by atoms with Gasteiger partial charge in [0.05, 0.1) is 12.8 Å². The first-order valence-electron chi connectivity index (χ1n) is 10.5. The van der Waals surface area contributed by atoms with Crippen molar-refractivity contribution in [2.45, 2.75) is 38.6 Å². The summed E-state index contributed by atoms with van der Waals surface area (Å²) in [7, 11) is 1.53. The Hall–Kier alpha value is -3.32. The average molecular weight is 454 g/mol. The minimum atomic E-state index is -0.614. The number of nitrogens with zero attached hydrogens (tertiary/aromatic N) is 1. The second kappa shape index (κ2) is 9.04. The van der Waals surface area contributed by atoms with E-state index in [1.165, 1.54) is 7.11 Å². The molecule has 0 spiro atoms. The number of imide groups is 1. The van der Waals surface area contributed by atoms with Gasteiger partial charge in [-0.15, -0.1) is 0 Å². The summed E-state index contributed by atoms with van der Waals surface area (Å²) in [6.07, 6.45) is 4.23. The molecule has 0 aromatic heterocycles. The molecule has 3 amide bonds. The second-order valence-corrected chi connectivity index (χ2v) is 8.32. The molecule has 4 rings (SSSR count). The van der Waals surface area contributed by atoms with E-state index in [1.54, 1.807) is 42.5 Å². The van der Waals surface area contributed by atoms with Gasteiger partial charge < -0.3 is 15.4 Å². The molecule has 0 radical (unpaired) electrons. The SMILES string of the molecule is COc1ccc(N2C(=O)C(Cl)=C(Nc3cc(C(=O)NC4CCCC4)ccc3C)C2=O)cc1. The Kier molecular flexibility index (Phi) is 6.19. The van der Waals surface area contributed by atoms with E-state index < -0.39 is 11.8 Å². The lowest BCUT2D eigenvalue weighted by Crippen LogP contribution is -2.33. The van der Waals surface area contributed by atoms with Crippen LogP contribution in [0, 0.1) is 6.92 Å². The van der Waals surface area contributed by atoms with Gasteiger partial charge in [-0.2, -0.15) is 0 Å².